The van der Waals surface area contributed by atoms with Gasteiger partial charge in [-0.05, 0) is 36.8 Å². The summed E-state index contributed by atoms with van der Waals surface area (Å²) in [5.41, 5.74) is -0.239. The van der Waals surface area contributed by atoms with Gasteiger partial charge in [-0.2, -0.15) is 13.2 Å². The van der Waals surface area contributed by atoms with Gasteiger partial charge in [0.2, 0.25) is 0 Å². The van der Waals surface area contributed by atoms with E-state index < -0.39 is 29.7 Å². The van der Waals surface area contributed by atoms with Crippen molar-refractivity contribution in [2.75, 3.05) is 5.32 Å². The molecular formula is C19H14Cl2F3N3O2. The van der Waals surface area contributed by atoms with Crippen molar-refractivity contribution in [2.45, 2.75) is 19.1 Å². The normalized spacial score (nSPS) is 16.9. The van der Waals surface area contributed by atoms with Crippen molar-refractivity contribution >= 4 is 40.8 Å². The molecule has 3 rings (SSSR count). The van der Waals surface area contributed by atoms with Gasteiger partial charge in [-0.3, -0.25) is 4.79 Å². The zero-order valence-electron chi connectivity index (χ0n) is 14.8. The third-order valence-corrected chi connectivity index (χ3v) is 5.09. The van der Waals surface area contributed by atoms with Crippen LogP contribution in [0.2, 0.25) is 10.0 Å². The number of nitrogens with one attached hydrogen (secondary N) is 3. The average molecular weight is 444 g/mol. The number of rotatable bonds is 3. The summed E-state index contributed by atoms with van der Waals surface area (Å²) in [6.45, 7) is 1.51. The molecule has 3 N–H and O–H groups in total. The zero-order chi connectivity index (χ0) is 21.3. The number of anilines is 1. The van der Waals surface area contributed by atoms with Crippen LogP contribution in [0.25, 0.3) is 0 Å². The Bertz CT molecular complexity index is 1020. The van der Waals surface area contributed by atoms with Crippen LogP contribution < -0.4 is 16.0 Å². The summed E-state index contributed by atoms with van der Waals surface area (Å²) in [6, 6.07) is 7.49. The van der Waals surface area contributed by atoms with Gasteiger partial charge in [0.25, 0.3) is 5.91 Å². The van der Waals surface area contributed by atoms with E-state index in [1.165, 1.54) is 19.1 Å². The largest absolute Gasteiger partial charge is 0.416 e. The molecule has 1 aliphatic heterocycles. The molecular weight excluding hydrogens is 430 g/mol. The van der Waals surface area contributed by atoms with E-state index in [0.29, 0.717) is 5.56 Å². The maximum Gasteiger partial charge on any atom is 0.416 e. The van der Waals surface area contributed by atoms with E-state index >= 15 is 0 Å². The number of carbonyl (C=O) groups is 2. The van der Waals surface area contributed by atoms with Gasteiger partial charge in [0.1, 0.15) is 0 Å². The molecule has 1 atom stereocenters. The lowest BCUT2D eigenvalue weighted by Gasteiger charge is -2.29. The quantitative estimate of drug-likeness (QED) is 0.603. The highest BCUT2D eigenvalue weighted by Gasteiger charge is 2.34. The summed E-state index contributed by atoms with van der Waals surface area (Å²) < 4.78 is 38.8. The van der Waals surface area contributed by atoms with Crippen molar-refractivity contribution in [3.05, 3.63) is 74.9 Å². The van der Waals surface area contributed by atoms with Gasteiger partial charge >= 0.3 is 12.2 Å². The van der Waals surface area contributed by atoms with Crippen molar-refractivity contribution in [3.63, 3.8) is 0 Å². The first kappa shape index (κ1) is 21.0. The van der Waals surface area contributed by atoms with Crippen LogP contribution in [0.3, 0.4) is 0 Å². The Morgan fingerprint density at radius 2 is 1.83 bits per heavy atom. The van der Waals surface area contributed by atoms with E-state index in [2.05, 4.69) is 16.0 Å². The molecule has 0 aliphatic carbocycles. The van der Waals surface area contributed by atoms with Gasteiger partial charge in [0.05, 0.1) is 27.2 Å². The Morgan fingerprint density at radius 1 is 1.14 bits per heavy atom. The zero-order valence-corrected chi connectivity index (χ0v) is 16.3. The first-order valence-corrected chi connectivity index (χ1v) is 9.04. The summed E-state index contributed by atoms with van der Waals surface area (Å²) in [5.74, 6) is -0.699. The molecule has 2 aromatic carbocycles. The monoisotopic (exact) mass is 443 g/mol. The van der Waals surface area contributed by atoms with Crippen LogP contribution >= 0.6 is 23.2 Å². The minimum Gasteiger partial charge on any atom is -0.327 e. The fourth-order valence-corrected chi connectivity index (χ4v) is 3.36. The van der Waals surface area contributed by atoms with Crippen LogP contribution in [-0.4, -0.2) is 11.9 Å². The summed E-state index contributed by atoms with van der Waals surface area (Å²) in [5, 5.41) is 7.89. The molecule has 1 heterocycles. The number of alkyl halides is 3. The smallest absolute Gasteiger partial charge is 0.327 e. The molecule has 10 heteroatoms. The minimum absolute atomic E-state index is 0.0435. The van der Waals surface area contributed by atoms with E-state index in [0.717, 1.165) is 12.1 Å². The molecule has 152 valence electrons. The molecule has 3 amide bonds. The Kier molecular flexibility index (Phi) is 5.77. The number of urea groups is 1. The van der Waals surface area contributed by atoms with Crippen LogP contribution in [0, 0.1) is 0 Å². The van der Waals surface area contributed by atoms with Crippen molar-refractivity contribution in [1.29, 1.82) is 0 Å². The van der Waals surface area contributed by atoms with Gasteiger partial charge < -0.3 is 16.0 Å². The second-order valence-electron chi connectivity index (χ2n) is 6.25. The lowest BCUT2D eigenvalue weighted by atomic mass is 9.94. The molecule has 0 saturated heterocycles. The summed E-state index contributed by atoms with van der Waals surface area (Å²) >= 11 is 12.3. The number of hydrogen-bond donors (Lipinski definition) is 3. The van der Waals surface area contributed by atoms with Gasteiger partial charge in [-0.1, -0.05) is 41.4 Å². The van der Waals surface area contributed by atoms with Gasteiger partial charge in [0.15, 0.2) is 0 Å². The number of benzene rings is 2. The molecule has 0 fully saturated rings. The lowest BCUT2D eigenvalue weighted by molar-refractivity contribution is -0.137. The molecule has 0 spiro atoms. The number of carbonyl (C=O) groups excluding carboxylic acids is 2. The molecule has 5 nitrogen and oxygen atoms in total. The Morgan fingerprint density at radius 3 is 2.52 bits per heavy atom. The highest BCUT2D eigenvalue weighted by molar-refractivity contribution is 6.42. The van der Waals surface area contributed by atoms with Crippen molar-refractivity contribution in [3.8, 4) is 0 Å². The van der Waals surface area contributed by atoms with E-state index in [-0.39, 0.29) is 27.0 Å². The van der Waals surface area contributed by atoms with Crippen LogP contribution in [0.15, 0.2) is 53.7 Å². The number of allylic oxidation sites excluding steroid dienone is 1. The van der Waals surface area contributed by atoms with Crippen LogP contribution in [0.5, 0.6) is 0 Å². The summed E-state index contributed by atoms with van der Waals surface area (Å²) in [4.78, 5) is 24.9. The second kappa shape index (κ2) is 7.96. The molecule has 2 aromatic rings. The minimum atomic E-state index is -4.55. The first-order chi connectivity index (χ1) is 13.6. The fraction of sp³-hybridized carbons (Fsp3) is 0.158. The number of hydrogen-bond acceptors (Lipinski definition) is 2. The van der Waals surface area contributed by atoms with Crippen molar-refractivity contribution in [2.24, 2.45) is 0 Å². The number of amides is 3. The topological polar surface area (TPSA) is 70.2 Å². The molecule has 29 heavy (non-hydrogen) atoms. The SMILES string of the molecule is CC1=C(C(=O)Nc2cccc(C(F)(F)F)c2)C(c2cccc(Cl)c2Cl)NC(=O)N1. The highest BCUT2D eigenvalue weighted by atomic mass is 35.5. The lowest BCUT2D eigenvalue weighted by Crippen LogP contribution is -2.46. The summed E-state index contributed by atoms with van der Waals surface area (Å²) in [7, 11) is 0. The van der Waals surface area contributed by atoms with Crippen molar-refractivity contribution < 1.29 is 22.8 Å². The van der Waals surface area contributed by atoms with Crippen LogP contribution in [0.4, 0.5) is 23.7 Å². The fourth-order valence-electron chi connectivity index (χ4n) is 2.94. The Hall–Kier alpha value is -2.71. The van der Waals surface area contributed by atoms with E-state index in [4.69, 9.17) is 23.2 Å². The van der Waals surface area contributed by atoms with Gasteiger partial charge in [-0.25, -0.2) is 4.79 Å². The molecule has 0 aromatic heterocycles. The van der Waals surface area contributed by atoms with E-state index in [1.54, 1.807) is 18.2 Å². The van der Waals surface area contributed by atoms with Crippen molar-refractivity contribution in [1.82, 2.24) is 10.6 Å². The van der Waals surface area contributed by atoms with Crippen LogP contribution in [-0.2, 0) is 11.0 Å². The highest BCUT2D eigenvalue weighted by Crippen LogP contribution is 2.36. The standard InChI is InChI=1S/C19H14Cl2F3N3O2/c1-9-14(17(28)26-11-5-2-4-10(8-11)19(22,23)24)16(27-18(29)25-9)12-6-3-7-13(20)15(12)21/h2-8,16H,1H3,(H,26,28)(H2,25,27,29). The maximum absolute atomic E-state index is 12.9. The molecule has 1 aliphatic rings. The Balaban J connectivity index is 1.98. The molecule has 0 radical (unpaired) electrons. The first-order valence-electron chi connectivity index (χ1n) is 8.28. The Labute approximate surface area is 173 Å². The molecule has 1 unspecified atom stereocenters. The third-order valence-electron chi connectivity index (χ3n) is 4.25. The second-order valence-corrected chi connectivity index (χ2v) is 7.03. The predicted molar refractivity (Wildman–Crippen MR) is 104 cm³/mol. The number of halogens is 5. The molecule has 0 saturated carbocycles. The van der Waals surface area contributed by atoms with Gasteiger partial charge in [0, 0.05) is 11.4 Å². The van der Waals surface area contributed by atoms with E-state index in [1.807, 2.05) is 0 Å². The molecule has 0 bridgehead atoms. The van der Waals surface area contributed by atoms with Crippen LogP contribution in [0.1, 0.15) is 24.1 Å². The van der Waals surface area contributed by atoms with E-state index in [9.17, 15) is 22.8 Å². The third kappa shape index (κ3) is 4.49. The predicted octanol–water partition coefficient (Wildman–Crippen LogP) is 5.28. The maximum atomic E-state index is 12.9. The van der Waals surface area contributed by atoms with Gasteiger partial charge in [-0.15, -0.1) is 0 Å². The summed E-state index contributed by atoms with van der Waals surface area (Å²) in [6.07, 6.45) is -4.55. The average Bonchev–Trinajstić information content (AvgIpc) is 2.62.